The maximum absolute atomic E-state index is 2.56. The lowest BCUT2D eigenvalue weighted by Crippen LogP contribution is -2.44. The van der Waals surface area contributed by atoms with Gasteiger partial charge in [0, 0.05) is 13.1 Å². The van der Waals surface area contributed by atoms with Crippen LogP contribution in [0.15, 0.2) is 0 Å². The van der Waals surface area contributed by atoms with Crippen LogP contribution in [0, 0.1) is 16.7 Å². The van der Waals surface area contributed by atoms with E-state index in [9.17, 15) is 0 Å². The van der Waals surface area contributed by atoms with Crippen molar-refractivity contribution in [2.45, 2.75) is 46.5 Å². The summed E-state index contributed by atoms with van der Waals surface area (Å²) in [5, 5.41) is 0. The molecule has 2 fully saturated rings. The van der Waals surface area contributed by atoms with Crippen LogP contribution in [0.1, 0.15) is 46.5 Å². The molecule has 0 spiro atoms. The maximum atomic E-state index is 2.56. The van der Waals surface area contributed by atoms with Crippen LogP contribution < -0.4 is 0 Å². The molecule has 1 heteroatoms. The van der Waals surface area contributed by atoms with Crippen LogP contribution in [-0.2, 0) is 0 Å². The molecule has 1 saturated carbocycles. The van der Waals surface area contributed by atoms with Gasteiger partial charge in [0.2, 0.25) is 0 Å². The van der Waals surface area contributed by atoms with Gasteiger partial charge in [-0.25, -0.2) is 0 Å². The molecule has 0 bridgehead atoms. The van der Waals surface area contributed by atoms with Gasteiger partial charge in [-0.1, -0.05) is 33.6 Å². The van der Waals surface area contributed by atoms with E-state index in [0.29, 0.717) is 10.8 Å². The van der Waals surface area contributed by atoms with Crippen LogP contribution >= 0.6 is 0 Å². The van der Waals surface area contributed by atoms with Crippen molar-refractivity contribution in [2.24, 2.45) is 16.7 Å². The first-order valence-electron chi connectivity index (χ1n) is 6.14. The lowest BCUT2D eigenvalue weighted by atomic mass is 9.56. The van der Waals surface area contributed by atoms with E-state index in [1.54, 1.807) is 0 Å². The van der Waals surface area contributed by atoms with E-state index in [0.717, 1.165) is 5.92 Å². The molecule has 0 radical (unpaired) electrons. The fourth-order valence-electron chi connectivity index (χ4n) is 3.93. The first-order chi connectivity index (χ1) is 6.46. The van der Waals surface area contributed by atoms with Gasteiger partial charge in [0.05, 0.1) is 0 Å². The average Bonchev–Trinajstić information content (AvgIpc) is 2.40. The van der Waals surface area contributed by atoms with Crippen LogP contribution in [0.4, 0.5) is 0 Å². The predicted molar refractivity (Wildman–Crippen MR) is 61.3 cm³/mol. The van der Waals surface area contributed by atoms with Crippen molar-refractivity contribution < 1.29 is 0 Å². The molecule has 2 aliphatic rings. The van der Waals surface area contributed by atoms with Crippen LogP contribution in [0.2, 0.25) is 0 Å². The molecule has 0 amide bonds. The summed E-state index contributed by atoms with van der Waals surface area (Å²) in [7, 11) is 2.30. The molecule has 1 nitrogen and oxygen atoms in total. The van der Waals surface area contributed by atoms with Crippen LogP contribution in [0.25, 0.3) is 0 Å². The molecule has 14 heavy (non-hydrogen) atoms. The molecule has 2 atom stereocenters. The highest BCUT2D eigenvalue weighted by atomic mass is 15.1. The molecule has 0 aromatic rings. The summed E-state index contributed by atoms with van der Waals surface area (Å²) in [6.07, 6.45) is 5.87. The third kappa shape index (κ3) is 1.41. The number of likely N-dealkylation sites (tertiary alicyclic amines) is 1. The van der Waals surface area contributed by atoms with Gasteiger partial charge in [-0.3, -0.25) is 0 Å². The van der Waals surface area contributed by atoms with Crippen molar-refractivity contribution in [3.8, 4) is 0 Å². The second kappa shape index (κ2) is 3.23. The number of rotatable bonds is 0. The van der Waals surface area contributed by atoms with E-state index in [1.165, 1.54) is 38.8 Å². The molecule has 0 aromatic heterocycles. The molecule has 1 aliphatic heterocycles. The highest BCUT2D eigenvalue weighted by Crippen LogP contribution is 2.56. The van der Waals surface area contributed by atoms with Crippen LogP contribution in [0.5, 0.6) is 0 Å². The zero-order valence-electron chi connectivity index (χ0n) is 10.3. The van der Waals surface area contributed by atoms with Gasteiger partial charge >= 0.3 is 0 Å². The normalized spacial score (nSPS) is 39.9. The first kappa shape index (κ1) is 10.5. The Morgan fingerprint density at radius 3 is 2.50 bits per heavy atom. The Kier molecular flexibility index (Phi) is 2.42. The van der Waals surface area contributed by atoms with E-state index >= 15 is 0 Å². The molecule has 1 heterocycles. The van der Waals surface area contributed by atoms with E-state index < -0.39 is 0 Å². The van der Waals surface area contributed by atoms with E-state index in [2.05, 4.69) is 32.7 Å². The standard InChI is InChI=1S/C13H25N/c1-12(2,3)13-8-6-5-7-11(13)9-14(4)10-13/h11H,5-10H2,1-4H3. The van der Waals surface area contributed by atoms with Gasteiger partial charge in [-0.15, -0.1) is 0 Å². The second-order valence-electron chi connectivity index (χ2n) is 6.55. The Bertz CT molecular complexity index is 216. The minimum Gasteiger partial charge on any atom is -0.305 e. The monoisotopic (exact) mass is 195 g/mol. The SMILES string of the molecule is CN1CC2CCCCC2(C(C)(C)C)C1. The lowest BCUT2D eigenvalue weighted by Gasteiger charge is -2.49. The summed E-state index contributed by atoms with van der Waals surface area (Å²) < 4.78 is 0. The molecule has 2 rings (SSSR count). The topological polar surface area (TPSA) is 3.24 Å². The molecular weight excluding hydrogens is 170 g/mol. The highest BCUT2D eigenvalue weighted by Gasteiger charge is 2.52. The number of nitrogens with zero attached hydrogens (tertiary/aromatic N) is 1. The van der Waals surface area contributed by atoms with Gasteiger partial charge < -0.3 is 4.90 Å². The van der Waals surface area contributed by atoms with Crippen molar-refractivity contribution >= 4 is 0 Å². The number of hydrogen-bond acceptors (Lipinski definition) is 1. The van der Waals surface area contributed by atoms with Crippen molar-refractivity contribution in [1.82, 2.24) is 4.90 Å². The highest BCUT2D eigenvalue weighted by molar-refractivity contribution is 5.03. The summed E-state index contributed by atoms with van der Waals surface area (Å²) in [5.74, 6) is 0.973. The lowest BCUT2D eigenvalue weighted by molar-refractivity contribution is 0.0149. The zero-order chi connectivity index (χ0) is 10.4. The minimum atomic E-state index is 0.489. The number of fused-ring (bicyclic) bond motifs is 1. The molecule has 0 N–H and O–H groups in total. The summed E-state index contributed by atoms with van der Waals surface area (Å²) in [6, 6.07) is 0. The Morgan fingerprint density at radius 1 is 1.21 bits per heavy atom. The molecule has 0 aromatic carbocycles. The van der Waals surface area contributed by atoms with Gasteiger partial charge in [0.1, 0.15) is 0 Å². The molecule has 2 unspecified atom stereocenters. The minimum absolute atomic E-state index is 0.489. The van der Waals surface area contributed by atoms with Crippen molar-refractivity contribution in [3.05, 3.63) is 0 Å². The van der Waals surface area contributed by atoms with Gasteiger partial charge in [-0.2, -0.15) is 0 Å². The third-order valence-corrected chi connectivity index (χ3v) is 4.78. The largest absolute Gasteiger partial charge is 0.305 e. The van der Waals surface area contributed by atoms with E-state index in [1.807, 2.05) is 0 Å². The van der Waals surface area contributed by atoms with Crippen molar-refractivity contribution in [1.29, 1.82) is 0 Å². The van der Waals surface area contributed by atoms with Crippen molar-refractivity contribution in [3.63, 3.8) is 0 Å². The predicted octanol–water partition coefficient (Wildman–Crippen LogP) is 3.15. The Morgan fingerprint density at radius 2 is 1.93 bits per heavy atom. The zero-order valence-corrected chi connectivity index (χ0v) is 10.3. The summed E-state index contributed by atoms with van der Waals surface area (Å²) in [6.45, 7) is 10.0. The van der Waals surface area contributed by atoms with Crippen molar-refractivity contribution in [2.75, 3.05) is 20.1 Å². The smallest absolute Gasteiger partial charge is 0.00432 e. The van der Waals surface area contributed by atoms with E-state index in [-0.39, 0.29) is 0 Å². The fourth-order valence-corrected chi connectivity index (χ4v) is 3.93. The first-order valence-corrected chi connectivity index (χ1v) is 6.14. The summed E-state index contributed by atoms with van der Waals surface area (Å²) in [4.78, 5) is 2.56. The van der Waals surface area contributed by atoms with Gasteiger partial charge in [0.25, 0.3) is 0 Å². The maximum Gasteiger partial charge on any atom is 0.00432 e. The second-order valence-corrected chi connectivity index (χ2v) is 6.55. The Balaban J connectivity index is 2.28. The Hall–Kier alpha value is -0.0400. The summed E-state index contributed by atoms with van der Waals surface area (Å²) in [5.41, 5.74) is 1.11. The quantitative estimate of drug-likeness (QED) is 0.574. The Labute approximate surface area is 88.9 Å². The van der Waals surface area contributed by atoms with Gasteiger partial charge in [-0.05, 0) is 36.6 Å². The van der Waals surface area contributed by atoms with E-state index in [4.69, 9.17) is 0 Å². The van der Waals surface area contributed by atoms with Crippen LogP contribution in [0.3, 0.4) is 0 Å². The van der Waals surface area contributed by atoms with Gasteiger partial charge in [0.15, 0.2) is 0 Å². The molecular formula is C13H25N. The summed E-state index contributed by atoms with van der Waals surface area (Å²) >= 11 is 0. The third-order valence-electron chi connectivity index (χ3n) is 4.78. The van der Waals surface area contributed by atoms with Crippen LogP contribution in [-0.4, -0.2) is 25.0 Å². The molecule has 1 aliphatic carbocycles. The molecule has 1 saturated heterocycles. The number of hydrogen-bond donors (Lipinski definition) is 0. The molecule has 82 valence electrons. The average molecular weight is 195 g/mol. The fraction of sp³-hybridized carbons (Fsp3) is 1.00.